The van der Waals surface area contributed by atoms with Crippen molar-refractivity contribution < 1.29 is 0 Å². The fourth-order valence-electron chi connectivity index (χ4n) is 3.66. The third kappa shape index (κ3) is 3.21. The van der Waals surface area contributed by atoms with E-state index in [0.29, 0.717) is 0 Å². The summed E-state index contributed by atoms with van der Waals surface area (Å²) in [5.74, 6) is 0. The number of rotatable bonds is 3. The normalized spacial score (nSPS) is 15.8. The second-order valence-electron chi connectivity index (χ2n) is 6.89. The van der Waals surface area contributed by atoms with Gasteiger partial charge in [0.25, 0.3) is 0 Å². The molecule has 0 saturated carbocycles. The van der Waals surface area contributed by atoms with E-state index in [9.17, 15) is 0 Å². The van der Waals surface area contributed by atoms with E-state index in [2.05, 4.69) is 60.7 Å². The molecule has 6 nitrogen and oxygen atoms in total. The van der Waals surface area contributed by atoms with Gasteiger partial charge in [-0.1, -0.05) is 0 Å². The van der Waals surface area contributed by atoms with Gasteiger partial charge in [-0.25, -0.2) is 0 Å². The molecule has 0 aromatic carbocycles. The van der Waals surface area contributed by atoms with Gasteiger partial charge < -0.3 is 4.90 Å². The van der Waals surface area contributed by atoms with Crippen molar-refractivity contribution in [3.63, 3.8) is 0 Å². The van der Waals surface area contributed by atoms with Gasteiger partial charge in [-0.15, -0.1) is 0 Å². The van der Waals surface area contributed by atoms with Crippen LogP contribution in [0.25, 0.3) is 11.0 Å². The van der Waals surface area contributed by atoms with Crippen LogP contribution in [0.15, 0.2) is 29.0 Å². The largest absolute Gasteiger partial charge is 0.367 e. The molecule has 0 bridgehead atoms. The average Bonchev–Trinajstić information content (AvgIpc) is 2.88. The molecule has 26 heavy (non-hydrogen) atoms. The molecule has 7 heteroatoms. The number of anilines is 1. The van der Waals surface area contributed by atoms with Crippen molar-refractivity contribution in [1.82, 2.24) is 24.6 Å². The Bertz CT molecular complexity index is 943. The van der Waals surface area contributed by atoms with Crippen molar-refractivity contribution in [2.75, 3.05) is 31.1 Å². The molecule has 3 aromatic rings. The number of aromatic nitrogens is 4. The fourth-order valence-corrected chi connectivity index (χ4v) is 3.98. The minimum absolute atomic E-state index is 0.931. The van der Waals surface area contributed by atoms with Crippen molar-refractivity contribution in [2.24, 2.45) is 7.05 Å². The first-order chi connectivity index (χ1) is 12.5. The van der Waals surface area contributed by atoms with Crippen LogP contribution in [-0.4, -0.2) is 50.8 Å². The molecule has 0 radical (unpaired) electrons. The summed E-state index contributed by atoms with van der Waals surface area (Å²) in [6, 6.07) is 4.10. The van der Waals surface area contributed by atoms with Gasteiger partial charge in [0.05, 0.1) is 16.9 Å². The van der Waals surface area contributed by atoms with Crippen molar-refractivity contribution in [3.8, 4) is 0 Å². The lowest BCUT2D eigenvalue weighted by Crippen LogP contribution is -2.46. The Kier molecular flexibility index (Phi) is 4.67. The summed E-state index contributed by atoms with van der Waals surface area (Å²) in [7, 11) is 2.02. The topological polar surface area (TPSA) is 50.1 Å². The molecule has 1 aliphatic rings. The first-order valence-corrected chi connectivity index (χ1v) is 9.69. The lowest BCUT2D eigenvalue weighted by Gasteiger charge is -2.36. The molecule has 0 unspecified atom stereocenters. The Morgan fingerprint density at radius 2 is 1.88 bits per heavy atom. The van der Waals surface area contributed by atoms with Gasteiger partial charge >= 0.3 is 0 Å². The average molecular weight is 415 g/mol. The van der Waals surface area contributed by atoms with Crippen LogP contribution in [0, 0.1) is 13.8 Å². The maximum absolute atomic E-state index is 4.59. The minimum atomic E-state index is 0.931. The summed E-state index contributed by atoms with van der Waals surface area (Å²) < 4.78 is 2.94. The van der Waals surface area contributed by atoms with Crippen LogP contribution in [-0.2, 0) is 13.6 Å². The molecule has 1 saturated heterocycles. The zero-order chi connectivity index (χ0) is 18.3. The molecule has 0 amide bonds. The molecular formula is C19H23BrN6. The van der Waals surface area contributed by atoms with E-state index in [1.54, 1.807) is 0 Å². The zero-order valence-corrected chi connectivity index (χ0v) is 17.0. The molecule has 3 aromatic heterocycles. The third-order valence-electron chi connectivity index (χ3n) is 5.28. The highest BCUT2D eigenvalue weighted by atomic mass is 79.9. The number of halogens is 1. The lowest BCUT2D eigenvalue weighted by atomic mass is 10.1. The van der Waals surface area contributed by atoms with E-state index in [4.69, 9.17) is 0 Å². The van der Waals surface area contributed by atoms with Crippen LogP contribution in [0.1, 0.15) is 17.0 Å². The molecule has 0 atom stereocenters. The second kappa shape index (κ2) is 6.96. The maximum atomic E-state index is 4.59. The molecule has 136 valence electrons. The van der Waals surface area contributed by atoms with E-state index < -0.39 is 0 Å². The Morgan fingerprint density at radius 1 is 1.12 bits per heavy atom. The van der Waals surface area contributed by atoms with Gasteiger partial charge in [-0.2, -0.15) is 5.10 Å². The minimum Gasteiger partial charge on any atom is -0.367 e. The first-order valence-electron chi connectivity index (χ1n) is 8.89. The zero-order valence-electron chi connectivity index (χ0n) is 15.4. The molecule has 0 spiro atoms. The summed E-state index contributed by atoms with van der Waals surface area (Å²) in [6.45, 7) is 9.29. The van der Waals surface area contributed by atoms with Crippen LogP contribution in [0.4, 0.5) is 5.69 Å². The van der Waals surface area contributed by atoms with Crippen molar-refractivity contribution >= 4 is 32.7 Å². The van der Waals surface area contributed by atoms with E-state index in [1.807, 2.05) is 30.2 Å². The molecule has 1 fully saturated rings. The fraction of sp³-hybridized carbons (Fsp3) is 0.421. The molecule has 4 rings (SSSR count). The van der Waals surface area contributed by atoms with Gasteiger partial charge in [0.1, 0.15) is 5.52 Å². The number of hydrogen-bond donors (Lipinski definition) is 0. The highest BCUT2D eigenvalue weighted by Gasteiger charge is 2.21. The van der Waals surface area contributed by atoms with Crippen molar-refractivity contribution in [3.05, 3.63) is 46.0 Å². The van der Waals surface area contributed by atoms with Gasteiger partial charge in [-0.3, -0.25) is 19.5 Å². The summed E-state index contributed by atoms with van der Waals surface area (Å²) >= 11 is 3.48. The van der Waals surface area contributed by atoms with E-state index in [1.165, 1.54) is 16.9 Å². The highest BCUT2D eigenvalue weighted by Crippen LogP contribution is 2.26. The summed E-state index contributed by atoms with van der Waals surface area (Å²) in [6.07, 6.45) is 3.72. The van der Waals surface area contributed by atoms with Crippen LogP contribution >= 0.6 is 15.9 Å². The molecule has 0 aliphatic carbocycles. The Balaban J connectivity index is 1.49. The standard InChI is InChI=1S/C19H23BrN6/c1-13-16(14(2)24(3)23-13)12-25-6-8-26(9-7-25)18-4-5-21-17-10-15(20)11-22-19(17)18/h4-5,10-11H,6-9,12H2,1-3H3. The van der Waals surface area contributed by atoms with Crippen molar-refractivity contribution in [1.29, 1.82) is 0 Å². The predicted molar refractivity (Wildman–Crippen MR) is 107 cm³/mol. The van der Waals surface area contributed by atoms with Crippen LogP contribution in [0.5, 0.6) is 0 Å². The highest BCUT2D eigenvalue weighted by molar-refractivity contribution is 9.10. The second-order valence-corrected chi connectivity index (χ2v) is 7.80. The molecule has 0 N–H and O–H groups in total. The number of piperazine rings is 1. The van der Waals surface area contributed by atoms with E-state index in [0.717, 1.165) is 53.9 Å². The maximum Gasteiger partial charge on any atom is 0.112 e. The van der Waals surface area contributed by atoms with Crippen LogP contribution in [0.3, 0.4) is 0 Å². The molecular weight excluding hydrogens is 392 g/mol. The Hall–Kier alpha value is -1.99. The SMILES string of the molecule is Cc1nn(C)c(C)c1CN1CCN(c2ccnc3cc(Br)cnc23)CC1. The van der Waals surface area contributed by atoms with Gasteiger partial charge in [0, 0.05) is 67.9 Å². The summed E-state index contributed by atoms with van der Waals surface area (Å²) in [4.78, 5) is 14.0. The Morgan fingerprint density at radius 3 is 2.58 bits per heavy atom. The summed E-state index contributed by atoms with van der Waals surface area (Å²) in [5, 5.41) is 4.54. The number of pyridine rings is 2. The van der Waals surface area contributed by atoms with Crippen LogP contribution in [0.2, 0.25) is 0 Å². The number of nitrogens with zero attached hydrogens (tertiary/aromatic N) is 6. The monoisotopic (exact) mass is 414 g/mol. The molecule has 1 aliphatic heterocycles. The number of hydrogen-bond acceptors (Lipinski definition) is 5. The van der Waals surface area contributed by atoms with E-state index in [-0.39, 0.29) is 0 Å². The van der Waals surface area contributed by atoms with E-state index >= 15 is 0 Å². The lowest BCUT2D eigenvalue weighted by molar-refractivity contribution is 0.249. The van der Waals surface area contributed by atoms with Crippen LogP contribution < -0.4 is 4.90 Å². The van der Waals surface area contributed by atoms with Gasteiger partial charge in [-0.05, 0) is 41.9 Å². The number of aryl methyl sites for hydroxylation is 2. The quantitative estimate of drug-likeness (QED) is 0.658. The number of fused-ring (bicyclic) bond motifs is 1. The predicted octanol–water partition coefficient (Wildman–Crippen LogP) is 3.06. The third-order valence-corrected chi connectivity index (χ3v) is 5.71. The summed E-state index contributed by atoms with van der Waals surface area (Å²) in [5.41, 5.74) is 6.85. The first kappa shape index (κ1) is 17.4. The van der Waals surface area contributed by atoms with Crippen molar-refractivity contribution in [2.45, 2.75) is 20.4 Å². The smallest absolute Gasteiger partial charge is 0.112 e. The molecule has 4 heterocycles. The Labute approximate surface area is 162 Å². The van der Waals surface area contributed by atoms with Gasteiger partial charge in [0.2, 0.25) is 0 Å². The van der Waals surface area contributed by atoms with Gasteiger partial charge in [0.15, 0.2) is 0 Å².